The first-order chi connectivity index (χ1) is 12.2. The molecule has 0 aromatic heterocycles. The van der Waals surface area contributed by atoms with Gasteiger partial charge in [0.05, 0.1) is 18.0 Å². The van der Waals surface area contributed by atoms with E-state index in [0.29, 0.717) is 0 Å². The van der Waals surface area contributed by atoms with Crippen LogP contribution in [0.4, 0.5) is 4.79 Å². The Hall–Kier alpha value is -2.37. The molecule has 1 saturated heterocycles. The van der Waals surface area contributed by atoms with Crippen molar-refractivity contribution in [2.24, 2.45) is 11.8 Å². The van der Waals surface area contributed by atoms with E-state index in [-0.39, 0.29) is 17.7 Å². The van der Waals surface area contributed by atoms with Crippen LogP contribution in [0.15, 0.2) is 30.3 Å². The Morgan fingerprint density at radius 3 is 2.31 bits per heavy atom. The summed E-state index contributed by atoms with van der Waals surface area (Å²) in [5.74, 6) is -0.837. The number of benzene rings is 1. The number of carbonyl (C=O) groups is 3. The molecule has 140 valence electrons. The summed E-state index contributed by atoms with van der Waals surface area (Å²) in [4.78, 5) is 39.1. The van der Waals surface area contributed by atoms with Crippen molar-refractivity contribution in [2.75, 3.05) is 0 Å². The van der Waals surface area contributed by atoms with Crippen molar-refractivity contribution in [3.8, 4) is 0 Å². The standard InChI is InChI=1S/C20H26N2O4/c1-12-15(21-17(23)14-10-11-14)16(13-8-6-5-7-9-13)22(18(12)24)19(25)26-20(2,3)4/h5-9,12,14-16H,10-11H2,1-4H3,(H,21,23)/t12-,15-,16?/m0/s1. The van der Waals surface area contributed by atoms with Gasteiger partial charge < -0.3 is 10.1 Å². The highest BCUT2D eigenvalue weighted by atomic mass is 16.6. The summed E-state index contributed by atoms with van der Waals surface area (Å²) in [6, 6.07) is 8.28. The minimum Gasteiger partial charge on any atom is -0.443 e. The van der Waals surface area contributed by atoms with E-state index in [1.54, 1.807) is 27.7 Å². The number of nitrogens with one attached hydrogen (secondary N) is 1. The monoisotopic (exact) mass is 358 g/mol. The molecule has 1 aromatic rings. The zero-order valence-corrected chi connectivity index (χ0v) is 15.7. The fraction of sp³-hybridized carbons (Fsp3) is 0.550. The summed E-state index contributed by atoms with van der Waals surface area (Å²) in [5.41, 5.74) is 0.0918. The van der Waals surface area contributed by atoms with Gasteiger partial charge in [0.25, 0.3) is 0 Å². The number of hydrogen-bond acceptors (Lipinski definition) is 4. The van der Waals surface area contributed by atoms with E-state index in [0.717, 1.165) is 18.4 Å². The van der Waals surface area contributed by atoms with E-state index in [9.17, 15) is 14.4 Å². The maximum absolute atomic E-state index is 12.9. The molecule has 3 amide bonds. The van der Waals surface area contributed by atoms with Gasteiger partial charge in [0, 0.05) is 5.92 Å². The number of rotatable bonds is 3. The van der Waals surface area contributed by atoms with E-state index < -0.39 is 29.7 Å². The lowest BCUT2D eigenvalue weighted by atomic mass is 9.94. The average Bonchev–Trinajstić information content (AvgIpc) is 3.37. The van der Waals surface area contributed by atoms with Crippen LogP contribution in [0, 0.1) is 11.8 Å². The first kappa shape index (κ1) is 18.4. The molecule has 0 spiro atoms. The van der Waals surface area contributed by atoms with Gasteiger partial charge in [-0.05, 0) is 39.2 Å². The summed E-state index contributed by atoms with van der Waals surface area (Å²) in [5, 5.41) is 3.01. The first-order valence-electron chi connectivity index (χ1n) is 9.10. The van der Waals surface area contributed by atoms with Crippen LogP contribution in [0.1, 0.15) is 52.1 Å². The zero-order valence-electron chi connectivity index (χ0n) is 15.7. The van der Waals surface area contributed by atoms with Gasteiger partial charge >= 0.3 is 6.09 Å². The Morgan fingerprint density at radius 1 is 1.15 bits per heavy atom. The predicted octanol–water partition coefficient (Wildman–Crippen LogP) is 3.04. The molecule has 2 aliphatic rings. The molecule has 2 fully saturated rings. The molecule has 1 saturated carbocycles. The molecule has 1 N–H and O–H groups in total. The molecule has 26 heavy (non-hydrogen) atoms. The Labute approximate surface area is 153 Å². The summed E-state index contributed by atoms with van der Waals surface area (Å²) in [6.45, 7) is 7.04. The minimum absolute atomic E-state index is 0.0318. The lowest BCUT2D eigenvalue weighted by molar-refractivity contribution is -0.130. The van der Waals surface area contributed by atoms with Gasteiger partial charge in [0.1, 0.15) is 5.60 Å². The fourth-order valence-corrected chi connectivity index (χ4v) is 3.30. The van der Waals surface area contributed by atoms with Gasteiger partial charge in [-0.1, -0.05) is 37.3 Å². The van der Waals surface area contributed by atoms with Crippen molar-refractivity contribution in [2.45, 2.75) is 58.2 Å². The third-order valence-corrected chi connectivity index (χ3v) is 4.77. The van der Waals surface area contributed by atoms with Gasteiger partial charge in [-0.3, -0.25) is 9.59 Å². The van der Waals surface area contributed by atoms with Crippen molar-refractivity contribution in [1.82, 2.24) is 10.2 Å². The van der Waals surface area contributed by atoms with Gasteiger partial charge in [-0.2, -0.15) is 0 Å². The average molecular weight is 358 g/mol. The van der Waals surface area contributed by atoms with Gasteiger partial charge in [0.15, 0.2) is 0 Å². The highest BCUT2D eigenvalue weighted by Gasteiger charge is 2.51. The third kappa shape index (κ3) is 3.74. The second-order valence-corrected chi connectivity index (χ2v) is 8.14. The largest absolute Gasteiger partial charge is 0.443 e. The quantitative estimate of drug-likeness (QED) is 0.901. The molecule has 1 unspecified atom stereocenters. The molecule has 6 heteroatoms. The van der Waals surface area contributed by atoms with Crippen LogP contribution in [0.25, 0.3) is 0 Å². The van der Waals surface area contributed by atoms with Crippen LogP contribution in [0.2, 0.25) is 0 Å². The molecule has 0 bridgehead atoms. The van der Waals surface area contributed by atoms with E-state index in [1.165, 1.54) is 4.90 Å². The van der Waals surface area contributed by atoms with E-state index in [1.807, 2.05) is 30.3 Å². The smallest absolute Gasteiger partial charge is 0.417 e. The molecule has 1 heterocycles. The second-order valence-electron chi connectivity index (χ2n) is 8.14. The van der Waals surface area contributed by atoms with Crippen molar-refractivity contribution in [1.29, 1.82) is 0 Å². The molecule has 1 aliphatic carbocycles. The maximum Gasteiger partial charge on any atom is 0.417 e. The Balaban J connectivity index is 1.94. The van der Waals surface area contributed by atoms with Gasteiger partial charge in [0.2, 0.25) is 11.8 Å². The summed E-state index contributed by atoms with van der Waals surface area (Å²) in [6.07, 6.45) is 1.09. The number of hydrogen-bond donors (Lipinski definition) is 1. The zero-order chi connectivity index (χ0) is 19.1. The van der Waals surface area contributed by atoms with Crippen molar-refractivity contribution >= 4 is 17.9 Å². The van der Waals surface area contributed by atoms with Crippen LogP contribution < -0.4 is 5.32 Å². The number of carbonyl (C=O) groups excluding carboxylic acids is 3. The molecule has 3 rings (SSSR count). The van der Waals surface area contributed by atoms with Crippen molar-refractivity contribution in [3.63, 3.8) is 0 Å². The fourth-order valence-electron chi connectivity index (χ4n) is 3.30. The SMILES string of the molecule is C[C@@H]1C(=O)N(C(=O)OC(C)(C)C)C(c2ccccc2)[C@H]1NC(=O)C1CC1. The van der Waals surface area contributed by atoms with E-state index in [4.69, 9.17) is 4.74 Å². The van der Waals surface area contributed by atoms with E-state index in [2.05, 4.69) is 5.32 Å². The van der Waals surface area contributed by atoms with Crippen LogP contribution in [-0.4, -0.2) is 34.5 Å². The van der Waals surface area contributed by atoms with E-state index >= 15 is 0 Å². The van der Waals surface area contributed by atoms with Crippen molar-refractivity contribution < 1.29 is 19.1 Å². The summed E-state index contributed by atoms with van der Waals surface area (Å²) in [7, 11) is 0. The first-order valence-corrected chi connectivity index (χ1v) is 9.10. The Kier molecular flexibility index (Phi) is 4.78. The highest BCUT2D eigenvalue weighted by Crippen LogP contribution is 2.39. The topological polar surface area (TPSA) is 75.7 Å². The molecule has 6 nitrogen and oxygen atoms in total. The number of ether oxygens (including phenoxy) is 1. The minimum atomic E-state index is -0.711. The Bertz CT molecular complexity index is 706. The molecular weight excluding hydrogens is 332 g/mol. The van der Waals surface area contributed by atoms with Gasteiger partial charge in [-0.15, -0.1) is 0 Å². The molecule has 3 atom stereocenters. The van der Waals surface area contributed by atoms with Crippen molar-refractivity contribution in [3.05, 3.63) is 35.9 Å². The highest BCUT2D eigenvalue weighted by molar-refractivity contribution is 5.97. The van der Waals surface area contributed by atoms with Crippen LogP contribution in [0.5, 0.6) is 0 Å². The normalized spacial score (nSPS) is 25.9. The predicted molar refractivity (Wildman–Crippen MR) is 96.1 cm³/mol. The maximum atomic E-state index is 12.9. The van der Waals surface area contributed by atoms with Crippen LogP contribution in [0.3, 0.4) is 0 Å². The molecule has 1 aromatic carbocycles. The third-order valence-electron chi connectivity index (χ3n) is 4.77. The molecule has 1 aliphatic heterocycles. The summed E-state index contributed by atoms with van der Waals surface area (Å²) >= 11 is 0. The number of amides is 3. The lowest BCUT2D eigenvalue weighted by Gasteiger charge is -2.30. The number of imide groups is 1. The number of nitrogens with zero attached hydrogens (tertiary/aromatic N) is 1. The number of likely N-dealkylation sites (tertiary alicyclic amines) is 1. The Morgan fingerprint density at radius 2 is 1.77 bits per heavy atom. The van der Waals surface area contributed by atoms with Crippen LogP contribution in [-0.2, 0) is 14.3 Å². The lowest BCUT2D eigenvalue weighted by Crippen LogP contribution is -2.44. The molecule has 0 radical (unpaired) electrons. The molecular formula is C20H26N2O4. The van der Waals surface area contributed by atoms with Gasteiger partial charge in [-0.25, -0.2) is 9.69 Å². The van der Waals surface area contributed by atoms with Crippen LogP contribution >= 0.6 is 0 Å². The second kappa shape index (κ2) is 6.74. The summed E-state index contributed by atoms with van der Waals surface area (Å²) < 4.78 is 5.46.